The molecule has 136 valence electrons. The summed E-state index contributed by atoms with van der Waals surface area (Å²) in [6.45, 7) is 2.02. The van der Waals surface area contributed by atoms with Crippen LogP contribution in [0.3, 0.4) is 0 Å². The van der Waals surface area contributed by atoms with Gasteiger partial charge < -0.3 is 14.8 Å². The molecular weight excluding hydrogens is 350 g/mol. The van der Waals surface area contributed by atoms with E-state index in [9.17, 15) is 9.59 Å². The predicted molar refractivity (Wildman–Crippen MR) is 107 cm³/mol. The molecule has 0 saturated carbocycles. The fraction of sp³-hybridized carbons (Fsp3) is 0.300. The second-order valence-electron chi connectivity index (χ2n) is 6.60. The van der Waals surface area contributed by atoms with Gasteiger partial charge in [-0.15, -0.1) is 12.4 Å². The zero-order valence-electron chi connectivity index (χ0n) is 14.6. The summed E-state index contributed by atoms with van der Waals surface area (Å²) in [5.41, 5.74) is 1.62. The van der Waals surface area contributed by atoms with Gasteiger partial charge in [-0.2, -0.15) is 0 Å². The van der Waals surface area contributed by atoms with Gasteiger partial charge in [0.15, 0.2) is 5.43 Å². The zero-order chi connectivity index (χ0) is 17.4. The van der Waals surface area contributed by atoms with Crippen molar-refractivity contribution in [2.45, 2.75) is 19.0 Å². The molecule has 1 saturated heterocycles. The largest absolute Gasteiger partial charge is 0.340 e. The summed E-state index contributed by atoms with van der Waals surface area (Å²) < 4.78 is 1.97. The molecule has 2 aromatic carbocycles. The molecule has 0 bridgehead atoms. The lowest BCUT2D eigenvalue weighted by molar-refractivity contribution is -0.132. The van der Waals surface area contributed by atoms with E-state index in [2.05, 4.69) is 5.32 Å². The van der Waals surface area contributed by atoms with Crippen LogP contribution in [0.4, 0.5) is 0 Å². The fourth-order valence-corrected chi connectivity index (χ4v) is 3.67. The minimum Gasteiger partial charge on any atom is -0.340 e. The third kappa shape index (κ3) is 3.08. The number of hydrogen-bond acceptors (Lipinski definition) is 3. The second-order valence-corrected chi connectivity index (χ2v) is 6.60. The third-order valence-electron chi connectivity index (χ3n) is 5.15. The smallest absolute Gasteiger partial charge is 0.242 e. The number of carbonyl (C=O) groups excluding carboxylic acids is 1. The Morgan fingerprint density at radius 1 is 1.12 bits per heavy atom. The molecule has 1 aromatic heterocycles. The van der Waals surface area contributed by atoms with E-state index in [1.807, 2.05) is 65.0 Å². The van der Waals surface area contributed by atoms with Gasteiger partial charge in [0.25, 0.3) is 0 Å². The fourth-order valence-electron chi connectivity index (χ4n) is 3.67. The lowest BCUT2D eigenvalue weighted by atomic mass is 10.1. The van der Waals surface area contributed by atoms with Crippen molar-refractivity contribution in [1.82, 2.24) is 14.8 Å². The van der Waals surface area contributed by atoms with Crippen molar-refractivity contribution in [2.75, 3.05) is 20.1 Å². The van der Waals surface area contributed by atoms with E-state index in [1.54, 1.807) is 0 Å². The van der Waals surface area contributed by atoms with Crippen molar-refractivity contribution in [3.63, 3.8) is 0 Å². The average Bonchev–Trinajstić information content (AvgIpc) is 3.19. The number of halogens is 1. The van der Waals surface area contributed by atoms with E-state index >= 15 is 0 Å². The van der Waals surface area contributed by atoms with Crippen molar-refractivity contribution < 1.29 is 4.79 Å². The van der Waals surface area contributed by atoms with Crippen molar-refractivity contribution >= 4 is 40.1 Å². The Balaban J connectivity index is 0.00000196. The Kier molecular flexibility index (Phi) is 5.30. The van der Waals surface area contributed by atoms with E-state index in [0.717, 1.165) is 30.5 Å². The van der Waals surface area contributed by atoms with E-state index in [4.69, 9.17) is 0 Å². The summed E-state index contributed by atoms with van der Waals surface area (Å²) in [7, 11) is 1.87. The number of benzene rings is 2. The Hall–Kier alpha value is -2.37. The van der Waals surface area contributed by atoms with Crippen LogP contribution < -0.4 is 10.7 Å². The number of pyridine rings is 1. The Morgan fingerprint density at radius 3 is 2.23 bits per heavy atom. The molecule has 1 fully saturated rings. The quantitative estimate of drug-likeness (QED) is 0.719. The highest BCUT2D eigenvalue weighted by atomic mass is 35.5. The summed E-state index contributed by atoms with van der Waals surface area (Å²) in [6.07, 6.45) is 0.980. The first-order chi connectivity index (χ1) is 12.2. The first-order valence-corrected chi connectivity index (χ1v) is 8.63. The topological polar surface area (TPSA) is 54.3 Å². The number of amides is 1. The minimum absolute atomic E-state index is 0. The predicted octanol–water partition coefficient (Wildman–Crippen LogP) is 2.40. The molecule has 1 N–H and O–H groups in total. The van der Waals surface area contributed by atoms with Gasteiger partial charge in [-0.3, -0.25) is 9.59 Å². The van der Waals surface area contributed by atoms with Crippen molar-refractivity contribution in [1.29, 1.82) is 0 Å². The van der Waals surface area contributed by atoms with Crippen LogP contribution in [-0.2, 0) is 11.3 Å². The Morgan fingerprint density at radius 2 is 1.69 bits per heavy atom. The molecule has 0 spiro atoms. The maximum atomic E-state index is 12.9. The molecule has 1 aliphatic heterocycles. The maximum Gasteiger partial charge on any atom is 0.242 e. The first-order valence-electron chi connectivity index (χ1n) is 8.63. The molecule has 2 heterocycles. The standard InChI is InChI=1S/C20H21N3O2.ClH/c1-22(14-10-11-21-12-14)19(24)13-23-17-8-4-2-6-15(17)20(25)16-7-3-5-9-18(16)23;/h2-9,14,21H,10-13H2,1H3;1H. The number of nitrogens with one attached hydrogen (secondary N) is 1. The van der Waals surface area contributed by atoms with Crippen LogP contribution in [0.15, 0.2) is 53.3 Å². The monoisotopic (exact) mass is 371 g/mol. The molecule has 0 aliphatic carbocycles. The van der Waals surface area contributed by atoms with Crippen molar-refractivity contribution in [3.8, 4) is 0 Å². The molecule has 4 rings (SSSR count). The summed E-state index contributed by atoms with van der Waals surface area (Å²) in [6, 6.07) is 15.3. The number of hydrogen-bond donors (Lipinski definition) is 1. The van der Waals surface area contributed by atoms with Gasteiger partial charge in [0.05, 0.1) is 11.0 Å². The first kappa shape index (κ1) is 18.4. The molecule has 5 nitrogen and oxygen atoms in total. The van der Waals surface area contributed by atoms with E-state index < -0.39 is 0 Å². The van der Waals surface area contributed by atoms with E-state index in [0.29, 0.717) is 10.8 Å². The van der Waals surface area contributed by atoms with Crippen LogP contribution in [0.1, 0.15) is 6.42 Å². The van der Waals surface area contributed by atoms with Gasteiger partial charge in [-0.25, -0.2) is 0 Å². The number of nitrogens with zero attached hydrogens (tertiary/aromatic N) is 2. The number of carbonyl (C=O) groups is 1. The number of para-hydroxylation sites is 2. The number of rotatable bonds is 3. The molecule has 0 radical (unpaired) electrons. The van der Waals surface area contributed by atoms with Gasteiger partial charge in [-0.1, -0.05) is 24.3 Å². The van der Waals surface area contributed by atoms with Gasteiger partial charge in [0.2, 0.25) is 5.91 Å². The normalized spacial score (nSPS) is 16.6. The Bertz CT molecular complexity index is 949. The van der Waals surface area contributed by atoms with E-state index in [1.165, 1.54) is 0 Å². The molecule has 1 atom stereocenters. The number of fused-ring (bicyclic) bond motifs is 2. The molecule has 6 heteroatoms. The SMILES string of the molecule is CN(C(=O)Cn1c2ccccc2c(=O)c2ccccc21)C1CCNC1.Cl. The van der Waals surface area contributed by atoms with Gasteiger partial charge in [0.1, 0.15) is 6.54 Å². The third-order valence-corrected chi connectivity index (χ3v) is 5.15. The maximum absolute atomic E-state index is 12.9. The lowest BCUT2D eigenvalue weighted by Gasteiger charge is -2.25. The minimum atomic E-state index is 0. The van der Waals surface area contributed by atoms with Gasteiger partial charge >= 0.3 is 0 Å². The molecule has 1 amide bonds. The van der Waals surface area contributed by atoms with Crippen molar-refractivity contribution in [3.05, 3.63) is 58.8 Å². The number of aromatic nitrogens is 1. The molecule has 1 unspecified atom stereocenters. The van der Waals surface area contributed by atoms with Crippen LogP contribution in [0.25, 0.3) is 21.8 Å². The summed E-state index contributed by atoms with van der Waals surface area (Å²) in [5, 5.41) is 4.60. The van der Waals surface area contributed by atoms with Crippen LogP contribution in [-0.4, -0.2) is 41.6 Å². The van der Waals surface area contributed by atoms with Crippen LogP contribution in [0, 0.1) is 0 Å². The molecule has 3 aromatic rings. The molecule has 26 heavy (non-hydrogen) atoms. The molecule has 1 aliphatic rings. The van der Waals surface area contributed by atoms with Crippen molar-refractivity contribution in [2.24, 2.45) is 0 Å². The summed E-state index contributed by atoms with van der Waals surface area (Å²) in [5.74, 6) is 0.0626. The van der Waals surface area contributed by atoms with Crippen LogP contribution >= 0.6 is 12.4 Å². The van der Waals surface area contributed by atoms with Gasteiger partial charge in [0, 0.05) is 30.4 Å². The van der Waals surface area contributed by atoms with Crippen LogP contribution in [0.5, 0.6) is 0 Å². The molecular formula is C20H22ClN3O2. The highest BCUT2D eigenvalue weighted by molar-refractivity contribution is 5.94. The second kappa shape index (κ2) is 7.48. The zero-order valence-corrected chi connectivity index (χ0v) is 15.5. The van der Waals surface area contributed by atoms with E-state index in [-0.39, 0.29) is 36.3 Å². The Labute approximate surface area is 158 Å². The summed E-state index contributed by atoms with van der Waals surface area (Å²) >= 11 is 0. The summed E-state index contributed by atoms with van der Waals surface area (Å²) in [4.78, 5) is 27.5. The number of likely N-dealkylation sites (N-methyl/N-ethyl adjacent to an activating group) is 1. The lowest BCUT2D eigenvalue weighted by Crippen LogP contribution is -2.40. The highest BCUT2D eigenvalue weighted by Gasteiger charge is 2.24. The average molecular weight is 372 g/mol. The van der Waals surface area contributed by atoms with Gasteiger partial charge in [-0.05, 0) is 37.2 Å². The van der Waals surface area contributed by atoms with Crippen LogP contribution in [0.2, 0.25) is 0 Å². The highest BCUT2D eigenvalue weighted by Crippen LogP contribution is 2.19.